The molecule has 96 valence electrons. The second-order valence-corrected chi connectivity index (χ2v) is 7.16. The molecular weight excluding hydrogens is 262 g/mol. The third-order valence-corrected chi connectivity index (χ3v) is 4.84. The SMILES string of the molecule is CC(C)(C)c1cc(C(=O)NCc2cccs2)cs1. The van der Waals surface area contributed by atoms with Crippen molar-refractivity contribution in [2.24, 2.45) is 0 Å². The van der Waals surface area contributed by atoms with Crippen molar-refractivity contribution in [3.05, 3.63) is 44.3 Å². The van der Waals surface area contributed by atoms with Crippen molar-refractivity contribution in [3.8, 4) is 0 Å². The van der Waals surface area contributed by atoms with E-state index in [-0.39, 0.29) is 11.3 Å². The molecule has 0 aliphatic rings. The van der Waals surface area contributed by atoms with Crippen LogP contribution in [0.15, 0.2) is 29.0 Å². The molecule has 0 aromatic carbocycles. The maximum absolute atomic E-state index is 12.0. The number of hydrogen-bond donors (Lipinski definition) is 1. The van der Waals surface area contributed by atoms with Crippen LogP contribution >= 0.6 is 22.7 Å². The molecule has 2 heterocycles. The van der Waals surface area contributed by atoms with Crippen LogP contribution in [0.2, 0.25) is 0 Å². The second-order valence-electron chi connectivity index (χ2n) is 5.21. The van der Waals surface area contributed by atoms with Gasteiger partial charge in [0.15, 0.2) is 0 Å². The monoisotopic (exact) mass is 279 g/mol. The highest BCUT2D eigenvalue weighted by Gasteiger charge is 2.18. The number of carbonyl (C=O) groups is 1. The van der Waals surface area contributed by atoms with E-state index in [1.807, 2.05) is 29.0 Å². The minimum absolute atomic E-state index is 0.00940. The molecule has 0 atom stereocenters. The number of amides is 1. The first-order valence-corrected chi connectivity index (χ1v) is 7.62. The highest BCUT2D eigenvalue weighted by atomic mass is 32.1. The Kier molecular flexibility index (Phi) is 3.88. The van der Waals surface area contributed by atoms with Gasteiger partial charge in [0.1, 0.15) is 0 Å². The molecule has 0 aliphatic heterocycles. The third-order valence-electron chi connectivity index (χ3n) is 2.60. The molecular formula is C14H17NOS2. The molecule has 2 aromatic heterocycles. The summed E-state index contributed by atoms with van der Waals surface area (Å²) in [6.07, 6.45) is 0. The van der Waals surface area contributed by atoms with Gasteiger partial charge in [0.25, 0.3) is 5.91 Å². The quantitative estimate of drug-likeness (QED) is 0.902. The zero-order valence-corrected chi connectivity index (χ0v) is 12.5. The summed E-state index contributed by atoms with van der Waals surface area (Å²) < 4.78 is 0. The van der Waals surface area contributed by atoms with Gasteiger partial charge in [0.2, 0.25) is 0 Å². The van der Waals surface area contributed by atoms with E-state index >= 15 is 0 Å². The van der Waals surface area contributed by atoms with E-state index in [0.29, 0.717) is 6.54 Å². The molecule has 0 fully saturated rings. The van der Waals surface area contributed by atoms with Crippen LogP contribution in [0.3, 0.4) is 0 Å². The van der Waals surface area contributed by atoms with Gasteiger partial charge in [-0.15, -0.1) is 22.7 Å². The van der Waals surface area contributed by atoms with Gasteiger partial charge in [-0.25, -0.2) is 0 Å². The van der Waals surface area contributed by atoms with E-state index in [2.05, 4.69) is 26.1 Å². The van der Waals surface area contributed by atoms with E-state index in [1.54, 1.807) is 22.7 Å². The predicted octanol–water partition coefficient (Wildman–Crippen LogP) is 4.04. The fourth-order valence-corrected chi connectivity index (χ4v) is 3.15. The van der Waals surface area contributed by atoms with Crippen molar-refractivity contribution in [1.29, 1.82) is 0 Å². The molecule has 0 aliphatic carbocycles. The van der Waals surface area contributed by atoms with Gasteiger partial charge in [0.05, 0.1) is 12.1 Å². The summed E-state index contributed by atoms with van der Waals surface area (Å²) in [7, 11) is 0. The summed E-state index contributed by atoms with van der Waals surface area (Å²) in [4.78, 5) is 14.4. The Morgan fingerprint density at radius 2 is 2.11 bits per heavy atom. The lowest BCUT2D eigenvalue weighted by atomic mass is 9.94. The van der Waals surface area contributed by atoms with Gasteiger partial charge in [-0.2, -0.15) is 0 Å². The Labute approximate surface area is 116 Å². The molecule has 18 heavy (non-hydrogen) atoms. The van der Waals surface area contributed by atoms with Gasteiger partial charge in [0, 0.05) is 15.1 Å². The Morgan fingerprint density at radius 1 is 1.33 bits per heavy atom. The normalized spacial score (nSPS) is 11.5. The minimum atomic E-state index is 0.00940. The molecule has 0 bridgehead atoms. The van der Waals surface area contributed by atoms with Crippen LogP contribution in [0, 0.1) is 0 Å². The van der Waals surface area contributed by atoms with Crippen LogP contribution in [-0.4, -0.2) is 5.91 Å². The average molecular weight is 279 g/mol. The zero-order chi connectivity index (χ0) is 13.2. The third kappa shape index (κ3) is 3.21. The average Bonchev–Trinajstić information content (AvgIpc) is 2.96. The maximum atomic E-state index is 12.0. The first-order chi connectivity index (χ1) is 8.47. The first kappa shape index (κ1) is 13.3. The molecule has 0 spiro atoms. The van der Waals surface area contributed by atoms with E-state index in [4.69, 9.17) is 0 Å². The molecule has 1 N–H and O–H groups in total. The van der Waals surface area contributed by atoms with Crippen LogP contribution in [-0.2, 0) is 12.0 Å². The highest BCUT2D eigenvalue weighted by Crippen LogP contribution is 2.28. The molecule has 0 unspecified atom stereocenters. The van der Waals surface area contributed by atoms with E-state index < -0.39 is 0 Å². The molecule has 2 rings (SSSR count). The molecule has 0 saturated heterocycles. The largest absolute Gasteiger partial charge is 0.347 e. The first-order valence-electron chi connectivity index (χ1n) is 5.86. The lowest BCUT2D eigenvalue weighted by Gasteiger charge is -2.15. The van der Waals surface area contributed by atoms with Crippen LogP contribution in [0.25, 0.3) is 0 Å². The lowest BCUT2D eigenvalue weighted by Crippen LogP contribution is -2.21. The van der Waals surface area contributed by atoms with E-state index in [0.717, 1.165) is 5.56 Å². The summed E-state index contributed by atoms with van der Waals surface area (Å²) in [6.45, 7) is 7.09. The van der Waals surface area contributed by atoms with Crippen molar-refractivity contribution in [3.63, 3.8) is 0 Å². The van der Waals surface area contributed by atoms with Crippen molar-refractivity contribution in [2.75, 3.05) is 0 Å². The Hall–Kier alpha value is -1.13. The summed E-state index contributed by atoms with van der Waals surface area (Å²) in [5.41, 5.74) is 0.873. The number of thiophene rings is 2. The predicted molar refractivity (Wildman–Crippen MR) is 78.5 cm³/mol. The van der Waals surface area contributed by atoms with Gasteiger partial charge in [-0.1, -0.05) is 26.8 Å². The smallest absolute Gasteiger partial charge is 0.252 e. The number of hydrogen-bond acceptors (Lipinski definition) is 3. The lowest BCUT2D eigenvalue weighted by molar-refractivity contribution is 0.0951. The molecule has 2 nitrogen and oxygen atoms in total. The van der Waals surface area contributed by atoms with E-state index in [1.165, 1.54) is 9.75 Å². The van der Waals surface area contributed by atoms with Gasteiger partial charge in [-0.05, 0) is 22.9 Å². The zero-order valence-electron chi connectivity index (χ0n) is 10.8. The van der Waals surface area contributed by atoms with E-state index in [9.17, 15) is 4.79 Å². The van der Waals surface area contributed by atoms with Crippen LogP contribution < -0.4 is 5.32 Å². The summed E-state index contributed by atoms with van der Waals surface area (Å²) >= 11 is 3.31. The van der Waals surface area contributed by atoms with Crippen LogP contribution in [0.1, 0.15) is 40.9 Å². The van der Waals surface area contributed by atoms with Crippen molar-refractivity contribution < 1.29 is 4.79 Å². The molecule has 4 heteroatoms. The fraction of sp³-hybridized carbons (Fsp3) is 0.357. The van der Waals surface area contributed by atoms with Crippen LogP contribution in [0.4, 0.5) is 0 Å². The minimum Gasteiger partial charge on any atom is -0.347 e. The van der Waals surface area contributed by atoms with Crippen molar-refractivity contribution in [2.45, 2.75) is 32.7 Å². The number of rotatable bonds is 3. The summed E-state index contributed by atoms with van der Waals surface area (Å²) in [5, 5.41) is 6.90. The Balaban J connectivity index is 1.99. The maximum Gasteiger partial charge on any atom is 0.252 e. The summed E-state index contributed by atoms with van der Waals surface area (Å²) in [5.74, 6) is 0.00940. The standard InChI is InChI=1S/C14H17NOS2/c1-14(2,3)12-7-10(9-18-12)13(16)15-8-11-5-4-6-17-11/h4-7,9H,8H2,1-3H3,(H,15,16). The number of nitrogens with one attached hydrogen (secondary N) is 1. The number of carbonyl (C=O) groups excluding carboxylic acids is 1. The van der Waals surface area contributed by atoms with Crippen molar-refractivity contribution >= 4 is 28.6 Å². The Morgan fingerprint density at radius 3 is 2.67 bits per heavy atom. The van der Waals surface area contributed by atoms with Gasteiger partial charge < -0.3 is 5.32 Å². The summed E-state index contributed by atoms with van der Waals surface area (Å²) in [6, 6.07) is 6.02. The highest BCUT2D eigenvalue weighted by molar-refractivity contribution is 7.10. The molecule has 0 saturated carbocycles. The van der Waals surface area contributed by atoms with Gasteiger partial charge in [-0.3, -0.25) is 4.79 Å². The molecule has 1 amide bonds. The van der Waals surface area contributed by atoms with Crippen LogP contribution in [0.5, 0.6) is 0 Å². The molecule has 0 radical (unpaired) electrons. The Bertz CT molecular complexity index is 520. The van der Waals surface area contributed by atoms with Crippen molar-refractivity contribution in [1.82, 2.24) is 5.32 Å². The topological polar surface area (TPSA) is 29.1 Å². The molecule has 2 aromatic rings. The fourth-order valence-electron chi connectivity index (χ4n) is 1.53. The van der Waals surface area contributed by atoms with Gasteiger partial charge >= 0.3 is 0 Å². The second kappa shape index (κ2) is 5.24.